The van der Waals surface area contributed by atoms with Gasteiger partial charge in [-0.25, -0.2) is 0 Å². The van der Waals surface area contributed by atoms with E-state index >= 15 is 0 Å². The van der Waals surface area contributed by atoms with E-state index in [2.05, 4.69) is 4.47 Å². The molecule has 0 aliphatic carbocycles. The first-order chi connectivity index (χ1) is 5.61. The molecule has 0 aromatic rings. The minimum absolute atomic E-state index is 0.474. The molecule has 0 aromatic carbocycles. The molecule has 0 radical (unpaired) electrons. The molecule has 1 aliphatic rings. The van der Waals surface area contributed by atoms with Crippen molar-refractivity contribution < 1.29 is 13.2 Å². The minimum Gasteiger partial charge on any atom is -0.368 e. The van der Waals surface area contributed by atoms with E-state index < -0.39 is 22.4 Å². The summed E-state index contributed by atoms with van der Waals surface area (Å²) in [6.07, 6.45) is 1.32. The lowest BCUT2D eigenvalue weighted by Crippen LogP contribution is -2.37. The van der Waals surface area contributed by atoms with Crippen molar-refractivity contribution in [3.8, 4) is 0 Å². The second-order valence-electron chi connectivity index (χ2n) is 2.52. The molecular formula is C5H9N3O3S. The van der Waals surface area contributed by atoms with Crippen molar-refractivity contribution in [2.75, 3.05) is 6.54 Å². The third kappa shape index (κ3) is 2.02. The van der Waals surface area contributed by atoms with Gasteiger partial charge in [-0.1, -0.05) is 4.47 Å². The Kier molecular flexibility index (Phi) is 2.77. The predicted molar refractivity (Wildman–Crippen MR) is 40.3 cm³/mol. The van der Waals surface area contributed by atoms with Gasteiger partial charge < -0.3 is 5.73 Å². The topological polar surface area (TPSA) is 92.8 Å². The van der Waals surface area contributed by atoms with Gasteiger partial charge in [0.1, 0.15) is 6.04 Å². The van der Waals surface area contributed by atoms with Crippen LogP contribution in [0.3, 0.4) is 0 Å². The maximum absolute atomic E-state index is 10.7. The Morgan fingerprint density at radius 2 is 2.25 bits per heavy atom. The maximum Gasteiger partial charge on any atom is 0.328 e. The summed E-state index contributed by atoms with van der Waals surface area (Å²) in [5, 5.41) is 1.21. The van der Waals surface area contributed by atoms with E-state index in [-0.39, 0.29) is 0 Å². The smallest absolute Gasteiger partial charge is 0.328 e. The molecule has 1 fully saturated rings. The summed E-state index contributed by atoms with van der Waals surface area (Å²) in [4.78, 5) is 10.7. The van der Waals surface area contributed by atoms with Gasteiger partial charge in [0.2, 0.25) is 5.91 Å². The van der Waals surface area contributed by atoms with Crippen molar-refractivity contribution >= 4 is 16.4 Å². The number of hydrogen-bond donors (Lipinski definition) is 1. The highest BCUT2D eigenvalue weighted by atomic mass is 32.2. The molecule has 2 N–H and O–H groups in total. The lowest BCUT2D eigenvalue weighted by molar-refractivity contribution is -0.122. The molecule has 1 aliphatic heterocycles. The first kappa shape index (κ1) is 9.14. The van der Waals surface area contributed by atoms with Crippen LogP contribution >= 0.6 is 0 Å². The third-order valence-corrected chi connectivity index (χ3v) is 2.07. The molecule has 7 heteroatoms. The minimum atomic E-state index is -2.50. The molecule has 0 bridgehead atoms. The SMILES string of the molecule is NC(=O)[C@@H]1CCCN1N=S(=O)=O. The van der Waals surface area contributed by atoms with Gasteiger partial charge >= 0.3 is 10.5 Å². The summed E-state index contributed by atoms with van der Waals surface area (Å²) in [5.74, 6) is -0.526. The first-order valence-corrected chi connectivity index (χ1v) is 4.51. The van der Waals surface area contributed by atoms with Gasteiger partial charge in [-0.15, -0.1) is 0 Å². The number of carbonyl (C=O) groups excluding carboxylic acids is 1. The molecule has 0 unspecified atom stereocenters. The zero-order valence-corrected chi connectivity index (χ0v) is 7.12. The van der Waals surface area contributed by atoms with E-state index in [1.165, 1.54) is 5.01 Å². The lowest BCUT2D eigenvalue weighted by atomic mass is 10.2. The van der Waals surface area contributed by atoms with Crippen molar-refractivity contribution in [2.24, 2.45) is 10.2 Å². The number of hydrogen-bond acceptors (Lipinski definition) is 4. The quantitative estimate of drug-likeness (QED) is 0.600. The van der Waals surface area contributed by atoms with Gasteiger partial charge in [0.25, 0.3) is 0 Å². The van der Waals surface area contributed by atoms with Crippen LogP contribution in [0.4, 0.5) is 0 Å². The maximum atomic E-state index is 10.7. The molecule has 68 valence electrons. The van der Waals surface area contributed by atoms with Crippen LogP contribution in [0, 0.1) is 0 Å². The first-order valence-electron chi connectivity index (χ1n) is 3.48. The van der Waals surface area contributed by atoms with E-state index in [0.29, 0.717) is 13.0 Å². The molecule has 1 amide bonds. The van der Waals surface area contributed by atoms with Crippen LogP contribution in [0.25, 0.3) is 0 Å². The van der Waals surface area contributed by atoms with Crippen molar-refractivity contribution in [3.05, 3.63) is 0 Å². The van der Waals surface area contributed by atoms with E-state index in [4.69, 9.17) is 5.73 Å². The largest absolute Gasteiger partial charge is 0.368 e. The number of nitrogens with zero attached hydrogens (tertiary/aromatic N) is 2. The van der Waals surface area contributed by atoms with Crippen LogP contribution in [-0.2, 0) is 15.3 Å². The highest BCUT2D eigenvalue weighted by Gasteiger charge is 2.29. The fraction of sp³-hybridized carbons (Fsp3) is 0.800. The molecule has 6 nitrogen and oxygen atoms in total. The Morgan fingerprint density at radius 1 is 1.58 bits per heavy atom. The molecule has 0 spiro atoms. The Hall–Kier alpha value is -0.950. The number of rotatable bonds is 2. The van der Waals surface area contributed by atoms with Crippen molar-refractivity contribution in [1.82, 2.24) is 5.01 Å². The Balaban J connectivity index is 2.77. The van der Waals surface area contributed by atoms with Gasteiger partial charge in [0.15, 0.2) is 0 Å². The standard InChI is InChI=1S/C5H9N3O3S/c6-5(9)4-2-1-3-8(4)7-12(10)11/h4H,1-3H2,(H2,6,9)/t4-/m0/s1. The van der Waals surface area contributed by atoms with Crippen LogP contribution in [0.15, 0.2) is 4.47 Å². The van der Waals surface area contributed by atoms with Crippen molar-refractivity contribution in [2.45, 2.75) is 18.9 Å². The molecule has 1 heterocycles. The van der Waals surface area contributed by atoms with Crippen LogP contribution in [0.5, 0.6) is 0 Å². The van der Waals surface area contributed by atoms with Gasteiger partial charge in [-0.3, -0.25) is 4.79 Å². The van der Waals surface area contributed by atoms with E-state index in [1.54, 1.807) is 0 Å². The summed E-state index contributed by atoms with van der Waals surface area (Å²) >= 11 is 0. The van der Waals surface area contributed by atoms with Crippen molar-refractivity contribution in [1.29, 1.82) is 0 Å². The van der Waals surface area contributed by atoms with Crippen LogP contribution < -0.4 is 5.73 Å². The number of nitrogens with two attached hydrogens (primary N) is 1. The Bertz CT molecular complexity index is 302. The summed E-state index contributed by atoms with van der Waals surface area (Å²) in [5.41, 5.74) is 5.02. The van der Waals surface area contributed by atoms with Crippen LogP contribution in [0.2, 0.25) is 0 Å². The van der Waals surface area contributed by atoms with Crippen molar-refractivity contribution in [3.63, 3.8) is 0 Å². The van der Waals surface area contributed by atoms with Gasteiger partial charge in [-0.05, 0) is 12.8 Å². The van der Waals surface area contributed by atoms with Crippen LogP contribution in [-0.4, -0.2) is 31.9 Å². The van der Waals surface area contributed by atoms with E-state index in [1.807, 2.05) is 0 Å². The van der Waals surface area contributed by atoms with Crippen LogP contribution in [0.1, 0.15) is 12.8 Å². The fourth-order valence-corrected chi connectivity index (χ4v) is 1.59. The second kappa shape index (κ2) is 3.63. The lowest BCUT2D eigenvalue weighted by Gasteiger charge is -2.12. The number of carbonyl (C=O) groups is 1. The molecule has 12 heavy (non-hydrogen) atoms. The highest BCUT2D eigenvalue weighted by Crippen LogP contribution is 2.16. The summed E-state index contributed by atoms with van der Waals surface area (Å²) in [6, 6.07) is -0.553. The molecule has 0 saturated carbocycles. The Labute approximate surface area is 71.0 Å². The predicted octanol–water partition coefficient (Wildman–Crippen LogP) is -1.09. The average Bonchev–Trinajstić information content (AvgIpc) is 2.33. The second-order valence-corrected chi connectivity index (χ2v) is 3.12. The molecular weight excluding hydrogens is 182 g/mol. The molecule has 1 atom stereocenters. The highest BCUT2D eigenvalue weighted by molar-refractivity contribution is 7.61. The fourth-order valence-electron chi connectivity index (χ4n) is 1.22. The summed E-state index contributed by atoms with van der Waals surface area (Å²) in [6.45, 7) is 0.474. The summed E-state index contributed by atoms with van der Waals surface area (Å²) < 4.78 is 23.6. The summed E-state index contributed by atoms with van der Waals surface area (Å²) in [7, 11) is -2.50. The van der Waals surface area contributed by atoms with Gasteiger partial charge in [0, 0.05) is 6.54 Å². The number of primary amides is 1. The molecule has 1 rings (SSSR count). The van der Waals surface area contributed by atoms with Gasteiger partial charge in [-0.2, -0.15) is 13.4 Å². The average molecular weight is 191 g/mol. The van der Waals surface area contributed by atoms with Gasteiger partial charge in [0.05, 0.1) is 0 Å². The third-order valence-electron chi connectivity index (χ3n) is 1.72. The normalized spacial score (nSPS) is 23.8. The van der Waals surface area contributed by atoms with E-state index in [0.717, 1.165) is 6.42 Å². The molecule has 1 saturated heterocycles. The number of amides is 1. The molecule has 0 aromatic heterocycles. The zero-order valence-electron chi connectivity index (χ0n) is 6.30. The monoisotopic (exact) mass is 191 g/mol. The zero-order chi connectivity index (χ0) is 9.14. The van der Waals surface area contributed by atoms with E-state index in [9.17, 15) is 13.2 Å². The Morgan fingerprint density at radius 3 is 2.75 bits per heavy atom.